The molecule has 3 N–H and O–H groups in total. The van der Waals surface area contributed by atoms with Crippen LogP contribution in [0.25, 0.3) is 0 Å². The molecule has 1 amide bonds. The quantitative estimate of drug-likeness (QED) is 0.720. The van der Waals surface area contributed by atoms with Gasteiger partial charge in [0.2, 0.25) is 5.91 Å². The van der Waals surface area contributed by atoms with Crippen LogP contribution in [0.4, 0.5) is 11.6 Å². The zero-order valence-electron chi connectivity index (χ0n) is 11.7. The molecule has 0 bridgehead atoms. The maximum Gasteiger partial charge on any atom is 0.239 e. The van der Waals surface area contributed by atoms with Crippen LogP contribution in [0.2, 0.25) is 0 Å². The number of carbonyl (C=O) groups excluding carboxylic acids is 1. The average molecular weight is 263 g/mol. The Morgan fingerprint density at radius 1 is 1.32 bits per heavy atom. The van der Waals surface area contributed by atoms with Crippen LogP contribution in [0.3, 0.4) is 0 Å². The van der Waals surface area contributed by atoms with Crippen LogP contribution in [-0.4, -0.2) is 36.0 Å². The molecule has 6 nitrogen and oxygen atoms in total. The van der Waals surface area contributed by atoms with Crippen LogP contribution in [0.15, 0.2) is 0 Å². The summed E-state index contributed by atoms with van der Waals surface area (Å²) < 4.78 is 0. The van der Waals surface area contributed by atoms with Crippen molar-refractivity contribution >= 4 is 17.5 Å². The van der Waals surface area contributed by atoms with E-state index in [1.165, 1.54) is 0 Å². The van der Waals surface area contributed by atoms with Crippen molar-refractivity contribution in [3.63, 3.8) is 0 Å². The van der Waals surface area contributed by atoms with Crippen LogP contribution in [0.1, 0.15) is 37.1 Å². The van der Waals surface area contributed by atoms with Crippen molar-refractivity contribution in [1.29, 1.82) is 0 Å². The molecule has 0 aromatic carbocycles. The number of carbonyl (C=O) groups is 1. The zero-order valence-corrected chi connectivity index (χ0v) is 11.7. The molecule has 1 aromatic heterocycles. The van der Waals surface area contributed by atoms with E-state index in [1.807, 2.05) is 20.9 Å². The smallest absolute Gasteiger partial charge is 0.239 e. The van der Waals surface area contributed by atoms with E-state index in [0.717, 1.165) is 35.9 Å². The van der Waals surface area contributed by atoms with E-state index in [-0.39, 0.29) is 12.5 Å². The summed E-state index contributed by atoms with van der Waals surface area (Å²) in [6.07, 6.45) is 2.31. The highest BCUT2D eigenvalue weighted by Gasteiger charge is 2.28. The van der Waals surface area contributed by atoms with Gasteiger partial charge < -0.3 is 16.0 Å². The molecule has 104 valence electrons. The van der Waals surface area contributed by atoms with E-state index < -0.39 is 0 Å². The summed E-state index contributed by atoms with van der Waals surface area (Å²) in [4.78, 5) is 20.5. The second-order valence-corrected chi connectivity index (χ2v) is 4.74. The molecule has 19 heavy (non-hydrogen) atoms. The van der Waals surface area contributed by atoms with Crippen LogP contribution in [-0.2, 0) is 4.79 Å². The lowest BCUT2D eigenvalue weighted by molar-refractivity contribution is -0.119. The largest absolute Gasteiger partial charge is 0.373 e. The number of hydrogen-bond donors (Lipinski definition) is 3. The van der Waals surface area contributed by atoms with Crippen LogP contribution < -0.4 is 16.0 Å². The van der Waals surface area contributed by atoms with Crippen molar-refractivity contribution in [3.05, 3.63) is 11.4 Å². The Morgan fingerprint density at radius 3 is 2.58 bits per heavy atom. The van der Waals surface area contributed by atoms with Gasteiger partial charge in [0.05, 0.1) is 6.54 Å². The van der Waals surface area contributed by atoms with Crippen molar-refractivity contribution in [2.45, 2.75) is 32.6 Å². The molecule has 6 heteroatoms. The molecule has 0 saturated heterocycles. The fourth-order valence-electron chi connectivity index (χ4n) is 1.90. The Hall–Kier alpha value is -1.85. The van der Waals surface area contributed by atoms with E-state index >= 15 is 0 Å². The number of anilines is 2. The first-order valence-electron chi connectivity index (χ1n) is 6.72. The minimum Gasteiger partial charge on any atom is -0.373 e. The van der Waals surface area contributed by atoms with Gasteiger partial charge in [-0.2, -0.15) is 0 Å². The van der Waals surface area contributed by atoms with Crippen molar-refractivity contribution in [1.82, 2.24) is 15.3 Å². The third-order valence-corrected chi connectivity index (χ3v) is 3.13. The summed E-state index contributed by atoms with van der Waals surface area (Å²) in [5, 5.41) is 8.93. The van der Waals surface area contributed by atoms with Crippen molar-refractivity contribution in [3.8, 4) is 0 Å². The molecule has 0 unspecified atom stereocenters. The van der Waals surface area contributed by atoms with Gasteiger partial charge in [-0.1, -0.05) is 0 Å². The molecule has 0 radical (unpaired) electrons. The predicted octanol–water partition coefficient (Wildman–Crippen LogP) is 1.25. The van der Waals surface area contributed by atoms with Gasteiger partial charge >= 0.3 is 0 Å². The third kappa shape index (κ3) is 3.33. The molecule has 0 spiro atoms. The van der Waals surface area contributed by atoms with Crippen molar-refractivity contribution in [2.75, 3.05) is 30.8 Å². The monoisotopic (exact) mass is 263 g/mol. The maximum atomic E-state index is 11.5. The lowest BCUT2D eigenvalue weighted by atomic mass is 10.2. The van der Waals surface area contributed by atoms with E-state index in [4.69, 9.17) is 0 Å². The second-order valence-electron chi connectivity index (χ2n) is 4.74. The Balaban J connectivity index is 2.13. The van der Waals surface area contributed by atoms with Crippen LogP contribution in [0, 0.1) is 6.92 Å². The Morgan fingerprint density at radius 2 is 2.00 bits per heavy atom. The van der Waals surface area contributed by atoms with Gasteiger partial charge in [-0.3, -0.25) is 4.79 Å². The summed E-state index contributed by atoms with van der Waals surface area (Å²) in [7, 11) is 1.85. The first kappa shape index (κ1) is 13.6. The molecular formula is C13H21N5O. The number of rotatable bonds is 6. The summed E-state index contributed by atoms with van der Waals surface area (Å²) in [5.74, 6) is 2.90. The van der Waals surface area contributed by atoms with Gasteiger partial charge in [-0.15, -0.1) is 0 Å². The van der Waals surface area contributed by atoms with E-state index in [9.17, 15) is 4.79 Å². The third-order valence-electron chi connectivity index (χ3n) is 3.13. The molecule has 1 aliphatic rings. The summed E-state index contributed by atoms with van der Waals surface area (Å²) in [5.41, 5.74) is 0.941. The number of amides is 1. The summed E-state index contributed by atoms with van der Waals surface area (Å²) in [6, 6.07) is 0. The lowest BCUT2D eigenvalue weighted by Crippen LogP contribution is -2.30. The topological polar surface area (TPSA) is 78.9 Å². The summed E-state index contributed by atoms with van der Waals surface area (Å²) in [6.45, 7) is 4.72. The molecule has 1 heterocycles. The van der Waals surface area contributed by atoms with Gasteiger partial charge in [0, 0.05) is 25.1 Å². The molecule has 1 fully saturated rings. The maximum absolute atomic E-state index is 11.5. The van der Waals surface area contributed by atoms with Crippen LogP contribution >= 0.6 is 0 Å². The molecule has 0 atom stereocenters. The second kappa shape index (κ2) is 5.86. The number of hydrogen-bond acceptors (Lipinski definition) is 5. The predicted molar refractivity (Wildman–Crippen MR) is 75.5 cm³/mol. The highest BCUT2D eigenvalue weighted by Crippen LogP contribution is 2.39. The lowest BCUT2D eigenvalue weighted by Gasteiger charge is -2.13. The van der Waals surface area contributed by atoms with E-state index in [1.54, 1.807) is 0 Å². The average Bonchev–Trinajstić information content (AvgIpc) is 3.22. The number of nitrogens with one attached hydrogen (secondary N) is 3. The van der Waals surface area contributed by atoms with Gasteiger partial charge in [0.15, 0.2) is 0 Å². The van der Waals surface area contributed by atoms with Crippen LogP contribution in [0.5, 0.6) is 0 Å². The first-order chi connectivity index (χ1) is 9.15. The molecule has 2 rings (SSSR count). The number of nitrogens with zero attached hydrogens (tertiary/aromatic N) is 2. The normalized spacial score (nSPS) is 14.1. The molecule has 1 aliphatic carbocycles. The highest BCUT2D eigenvalue weighted by molar-refractivity contribution is 5.80. The van der Waals surface area contributed by atoms with Gasteiger partial charge in [0.1, 0.15) is 17.5 Å². The Kier molecular flexibility index (Phi) is 4.19. The minimum absolute atomic E-state index is 0.0282. The molecular weight excluding hydrogens is 242 g/mol. The first-order valence-corrected chi connectivity index (χ1v) is 6.72. The van der Waals surface area contributed by atoms with E-state index in [0.29, 0.717) is 12.5 Å². The number of aromatic nitrogens is 2. The molecule has 1 aromatic rings. The Bertz CT molecular complexity index is 470. The van der Waals surface area contributed by atoms with Crippen molar-refractivity contribution < 1.29 is 4.79 Å². The highest BCUT2D eigenvalue weighted by atomic mass is 16.1. The Labute approximate surface area is 113 Å². The van der Waals surface area contributed by atoms with E-state index in [2.05, 4.69) is 25.9 Å². The molecule has 0 aliphatic heterocycles. The minimum atomic E-state index is -0.0282. The SMILES string of the molecule is CCNC(=O)CNc1nc(C2CC2)nc(NC)c1C. The van der Waals surface area contributed by atoms with Gasteiger partial charge in [0.25, 0.3) is 0 Å². The van der Waals surface area contributed by atoms with Crippen molar-refractivity contribution in [2.24, 2.45) is 0 Å². The number of likely N-dealkylation sites (N-methyl/N-ethyl adjacent to an activating group) is 1. The fraction of sp³-hybridized carbons (Fsp3) is 0.615. The fourth-order valence-corrected chi connectivity index (χ4v) is 1.90. The van der Waals surface area contributed by atoms with Gasteiger partial charge in [-0.25, -0.2) is 9.97 Å². The van der Waals surface area contributed by atoms with Gasteiger partial charge in [-0.05, 0) is 26.7 Å². The summed E-state index contributed by atoms with van der Waals surface area (Å²) >= 11 is 0. The standard InChI is InChI=1S/C13H21N5O/c1-4-15-10(19)7-16-12-8(2)11(14-3)17-13(18-12)9-5-6-9/h9H,4-7H2,1-3H3,(H,15,19)(H2,14,16,17,18). The zero-order chi connectivity index (χ0) is 13.8. The molecule has 1 saturated carbocycles.